The van der Waals surface area contributed by atoms with Gasteiger partial charge in [0.05, 0.1) is 18.5 Å². The van der Waals surface area contributed by atoms with Gasteiger partial charge in [-0.25, -0.2) is 4.98 Å². The van der Waals surface area contributed by atoms with Crippen LogP contribution < -0.4 is 4.74 Å². The van der Waals surface area contributed by atoms with Crippen LogP contribution in [-0.4, -0.2) is 22.3 Å². The minimum absolute atomic E-state index is 0.789. The third kappa shape index (κ3) is 1.62. The second kappa shape index (κ2) is 4.14. The van der Waals surface area contributed by atoms with Crippen LogP contribution in [-0.2, 0) is 0 Å². The van der Waals surface area contributed by atoms with Crippen molar-refractivity contribution in [1.29, 1.82) is 0 Å². The van der Waals surface area contributed by atoms with Gasteiger partial charge in [0.25, 0.3) is 0 Å². The van der Waals surface area contributed by atoms with Crippen molar-refractivity contribution in [1.82, 2.24) is 15.2 Å². The lowest BCUT2D eigenvalue weighted by Crippen LogP contribution is -1.92. The molecular formula is C14H13N3O. The summed E-state index contributed by atoms with van der Waals surface area (Å²) in [5, 5.41) is 7.99. The molecule has 0 amide bonds. The maximum atomic E-state index is 5.37. The standard InChI is InChI=1S/C14H13N3O/c1-9-8-12(11-6-7-15-17-11)16-14-10(9)4-3-5-13(14)18-2/h3-8H,1-2H3,(H,15,17). The van der Waals surface area contributed by atoms with E-state index in [2.05, 4.69) is 34.2 Å². The van der Waals surface area contributed by atoms with Crippen LogP contribution in [0.15, 0.2) is 36.5 Å². The normalized spacial score (nSPS) is 10.8. The van der Waals surface area contributed by atoms with E-state index < -0.39 is 0 Å². The maximum absolute atomic E-state index is 5.37. The van der Waals surface area contributed by atoms with Gasteiger partial charge in [0.15, 0.2) is 0 Å². The largest absolute Gasteiger partial charge is 0.494 e. The Morgan fingerprint density at radius 1 is 1.22 bits per heavy atom. The molecule has 0 saturated carbocycles. The molecule has 90 valence electrons. The monoisotopic (exact) mass is 239 g/mol. The molecule has 3 aromatic rings. The van der Waals surface area contributed by atoms with Gasteiger partial charge in [0.1, 0.15) is 11.3 Å². The van der Waals surface area contributed by atoms with E-state index >= 15 is 0 Å². The van der Waals surface area contributed by atoms with Gasteiger partial charge in [-0.2, -0.15) is 5.10 Å². The smallest absolute Gasteiger partial charge is 0.145 e. The number of nitrogens with zero attached hydrogens (tertiary/aromatic N) is 2. The minimum Gasteiger partial charge on any atom is -0.494 e. The summed E-state index contributed by atoms with van der Waals surface area (Å²) >= 11 is 0. The Hall–Kier alpha value is -2.36. The second-order valence-electron chi connectivity index (χ2n) is 4.15. The molecule has 0 spiro atoms. The zero-order chi connectivity index (χ0) is 12.5. The number of para-hydroxylation sites is 1. The second-order valence-corrected chi connectivity index (χ2v) is 4.15. The molecule has 2 aromatic heterocycles. The summed E-state index contributed by atoms with van der Waals surface area (Å²) in [6.45, 7) is 2.07. The zero-order valence-electron chi connectivity index (χ0n) is 10.3. The summed E-state index contributed by atoms with van der Waals surface area (Å²) in [6.07, 6.45) is 1.72. The average molecular weight is 239 g/mol. The lowest BCUT2D eigenvalue weighted by molar-refractivity contribution is 0.419. The topological polar surface area (TPSA) is 50.8 Å². The molecule has 0 aliphatic heterocycles. The first-order valence-corrected chi connectivity index (χ1v) is 5.73. The Morgan fingerprint density at radius 2 is 2.11 bits per heavy atom. The van der Waals surface area contributed by atoms with E-state index in [0.29, 0.717) is 0 Å². The molecule has 1 aromatic carbocycles. The lowest BCUT2D eigenvalue weighted by atomic mass is 10.1. The predicted octanol–water partition coefficient (Wildman–Crippen LogP) is 2.94. The third-order valence-corrected chi connectivity index (χ3v) is 3.01. The van der Waals surface area contributed by atoms with E-state index in [4.69, 9.17) is 4.74 Å². The highest BCUT2D eigenvalue weighted by atomic mass is 16.5. The number of pyridine rings is 1. The van der Waals surface area contributed by atoms with E-state index in [9.17, 15) is 0 Å². The van der Waals surface area contributed by atoms with Gasteiger partial charge in [0.2, 0.25) is 0 Å². The number of benzene rings is 1. The fraction of sp³-hybridized carbons (Fsp3) is 0.143. The molecule has 4 heteroatoms. The molecule has 0 unspecified atom stereocenters. The number of rotatable bonds is 2. The summed E-state index contributed by atoms with van der Waals surface area (Å²) in [5.41, 5.74) is 3.83. The number of hydrogen-bond acceptors (Lipinski definition) is 3. The molecule has 0 radical (unpaired) electrons. The number of methoxy groups -OCH3 is 1. The predicted molar refractivity (Wildman–Crippen MR) is 70.6 cm³/mol. The van der Waals surface area contributed by atoms with Gasteiger partial charge in [-0.05, 0) is 30.7 Å². The summed E-state index contributed by atoms with van der Waals surface area (Å²) < 4.78 is 5.37. The van der Waals surface area contributed by atoms with Gasteiger partial charge in [-0.1, -0.05) is 12.1 Å². The van der Waals surface area contributed by atoms with Gasteiger partial charge >= 0.3 is 0 Å². The van der Waals surface area contributed by atoms with Crippen molar-refractivity contribution >= 4 is 10.9 Å². The van der Waals surface area contributed by atoms with Gasteiger partial charge in [-0.15, -0.1) is 0 Å². The fourth-order valence-corrected chi connectivity index (χ4v) is 2.09. The number of ether oxygens (including phenoxy) is 1. The Labute approximate surface area is 105 Å². The van der Waals surface area contributed by atoms with Crippen LogP contribution in [0.1, 0.15) is 5.56 Å². The number of fused-ring (bicyclic) bond motifs is 1. The highest BCUT2D eigenvalue weighted by Crippen LogP contribution is 2.29. The Kier molecular flexibility index (Phi) is 2.48. The highest BCUT2D eigenvalue weighted by molar-refractivity contribution is 5.89. The summed E-state index contributed by atoms with van der Waals surface area (Å²) in [4.78, 5) is 4.65. The van der Waals surface area contributed by atoms with Crippen molar-refractivity contribution in [2.24, 2.45) is 0 Å². The number of aryl methyl sites for hydroxylation is 1. The van der Waals surface area contributed by atoms with Gasteiger partial charge in [-0.3, -0.25) is 5.10 Å². The molecule has 2 heterocycles. The molecule has 3 rings (SSSR count). The average Bonchev–Trinajstić information content (AvgIpc) is 2.92. The summed E-state index contributed by atoms with van der Waals surface area (Å²) in [6, 6.07) is 9.91. The molecule has 0 aliphatic carbocycles. The molecular weight excluding hydrogens is 226 g/mol. The molecule has 4 nitrogen and oxygen atoms in total. The van der Waals surface area contributed by atoms with Crippen LogP contribution in [0.5, 0.6) is 5.75 Å². The van der Waals surface area contributed by atoms with E-state index in [0.717, 1.165) is 28.0 Å². The van der Waals surface area contributed by atoms with Crippen LogP contribution in [0.3, 0.4) is 0 Å². The highest BCUT2D eigenvalue weighted by Gasteiger charge is 2.09. The lowest BCUT2D eigenvalue weighted by Gasteiger charge is -2.08. The maximum Gasteiger partial charge on any atom is 0.145 e. The van der Waals surface area contributed by atoms with Crippen LogP contribution in [0.25, 0.3) is 22.3 Å². The van der Waals surface area contributed by atoms with E-state index in [1.165, 1.54) is 5.56 Å². The van der Waals surface area contributed by atoms with Crippen molar-refractivity contribution in [2.75, 3.05) is 7.11 Å². The van der Waals surface area contributed by atoms with E-state index in [1.54, 1.807) is 13.3 Å². The molecule has 0 aliphatic rings. The van der Waals surface area contributed by atoms with Crippen molar-refractivity contribution in [3.8, 4) is 17.1 Å². The number of aromatic nitrogens is 3. The number of hydrogen-bond donors (Lipinski definition) is 1. The van der Waals surface area contributed by atoms with Crippen molar-refractivity contribution < 1.29 is 4.74 Å². The molecule has 0 saturated heterocycles. The Bertz CT molecular complexity index is 690. The van der Waals surface area contributed by atoms with Crippen LogP contribution in [0.2, 0.25) is 0 Å². The number of H-pyrrole nitrogens is 1. The fourth-order valence-electron chi connectivity index (χ4n) is 2.09. The van der Waals surface area contributed by atoms with E-state index in [-0.39, 0.29) is 0 Å². The van der Waals surface area contributed by atoms with Gasteiger partial charge in [0, 0.05) is 11.6 Å². The molecule has 0 atom stereocenters. The molecule has 0 bridgehead atoms. The van der Waals surface area contributed by atoms with Crippen molar-refractivity contribution in [3.63, 3.8) is 0 Å². The molecule has 0 fully saturated rings. The summed E-state index contributed by atoms with van der Waals surface area (Å²) in [7, 11) is 1.66. The molecule has 1 N–H and O–H groups in total. The van der Waals surface area contributed by atoms with Gasteiger partial charge < -0.3 is 4.74 Å². The third-order valence-electron chi connectivity index (χ3n) is 3.01. The SMILES string of the molecule is COc1cccc2c(C)cc(-c3ccn[nH]3)nc12. The van der Waals surface area contributed by atoms with Crippen molar-refractivity contribution in [2.45, 2.75) is 6.92 Å². The first-order valence-electron chi connectivity index (χ1n) is 5.73. The van der Waals surface area contributed by atoms with Crippen LogP contribution in [0.4, 0.5) is 0 Å². The Morgan fingerprint density at radius 3 is 2.83 bits per heavy atom. The summed E-state index contributed by atoms with van der Waals surface area (Å²) in [5.74, 6) is 0.789. The number of aromatic amines is 1. The van der Waals surface area contributed by atoms with Crippen molar-refractivity contribution in [3.05, 3.63) is 42.1 Å². The first-order chi connectivity index (χ1) is 8.79. The zero-order valence-corrected chi connectivity index (χ0v) is 10.3. The quantitative estimate of drug-likeness (QED) is 0.748. The van der Waals surface area contributed by atoms with E-state index in [1.807, 2.05) is 18.2 Å². The van der Waals surface area contributed by atoms with Crippen LogP contribution in [0, 0.1) is 6.92 Å². The Balaban J connectivity index is 2.32. The first kappa shape index (κ1) is 10.8. The number of nitrogens with one attached hydrogen (secondary N) is 1. The minimum atomic E-state index is 0.789. The molecule has 18 heavy (non-hydrogen) atoms. The van der Waals surface area contributed by atoms with Crippen LogP contribution >= 0.6 is 0 Å².